The van der Waals surface area contributed by atoms with Crippen LogP contribution in [0.3, 0.4) is 0 Å². The topological polar surface area (TPSA) is 159 Å². The summed E-state index contributed by atoms with van der Waals surface area (Å²) < 4.78 is 5.78. The molecule has 2 amide bonds. The van der Waals surface area contributed by atoms with Gasteiger partial charge in [0.05, 0.1) is 12.8 Å². The number of amides is 2. The normalized spacial score (nSPS) is 12.3. The molecular weight excluding hydrogens is 648 g/mol. The van der Waals surface area contributed by atoms with Crippen LogP contribution in [0.2, 0.25) is 0 Å². The van der Waals surface area contributed by atoms with Gasteiger partial charge in [0, 0.05) is 19.4 Å². The third-order valence-electron chi connectivity index (χ3n) is 9.51. The molecule has 0 bridgehead atoms. The second kappa shape index (κ2) is 35.7. The Morgan fingerprint density at radius 2 is 0.922 bits per heavy atom. The molecule has 0 radical (unpaired) electrons. The second-order valence-electron chi connectivity index (χ2n) is 14.5. The average molecular weight is 725 g/mol. The van der Waals surface area contributed by atoms with Crippen molar-refractivity contribution in [1.29, 1.82) is 0 Å². The Hall–Kier alpha value is -2.65. The highest BCUT2D eigenvalue weighted by Crippen LogP contribution is 2.17. The number of carboxylic acid groups (broad SMARTS) is 2. The van der Waals surface area contributed by atoms with Crippen LogP contribution in [0, 0.1) is 0 Å². The van der Waals surface area contributed by atoms with Gasteiger partial charge in [-0.25, -0.2) is 4.79 Å². The van der Waals surface area contributed by atoms with E-state index in [0.717, 1.165) is 38.5 Å². The van der Waals surface area contributed by atoms with E-state index in [4.69, 9.17) is 14.9 Å². The molecule has 0 fully saturated rings. The minimum atomic E-state index is -1.54. The minimum Gasteiger partial charge on any atom is -0.481 e. The molecule has 4 N–H and O–H groups in total. The highest BCUT2D eigenvalue weighted by atomic mass is 16.5. The van der Waals surface area contributed by atoms with Crippen LogP contribution >= 0.6 is 0 Å². The second-order valence-corrected chi connectivity index (χ2v) is 14.5. The summed E-state index contributed by atoms with van der Waals surface area (Å²) in [5, 5.41) is 22.8. The summed E-state index contributed by atoms with van der Waals surface area (Å²) in [6, 6.07) is -1.54. The number of carbonyl (C=O) groups excluding carboxylic acids is 3. The Bertz CT molecular complexity index is 897. The standard InChI is InChI=1S/C41H76N2O8/c1-3-5-7-9-11-13-15-17-19-21-23-25-27-29-35(33-38(45)42-32-31-37(44)43-36(41(49)50)34-39(46)47)51-40(48)30-28-26-24-22-20-18-16-14-12-10-8-6-4-2/h35-36H,3-34H2,1-2H3,(H,42,45)(H,43,44)(H,46,47)(H,49,50)/t35?,36-/m0/s1. The summed E-state index contributed by atoms with van der Waals surface area (Å²) in [4.78, 5) is 59.6. The van der Waals surface area contributed by atoms with Crippen LogP contribution in [0.5, 0.6) is 0 Å². The number of unbranched alkanes of at least 4 members (excludes halogenated alkanes) is 24. The van der Waals surface area contributed by atoms with Gasteiger partial charge in [-0.15, -0.1) is 0 Å². The van der Waals surface area contributed by atoms with Gasteiger partial charge in [0.2, 0.25) is 11.8 Å². The third kappa shape index (κ3) is 34.2. The van der Waals surface area contributed by atoms with Gasteiger partial charge >= 0.3 is 17.9 Å². The van der Waals surface area contributed by atoms with Gasteiger partial charge in [0.25, 0.3) is 0 Å². The summed E-state index contributed by atoms with van der Waals surface area (Å²) >= 11 is 0. The summed E-state index contributed by atoms with van der Waals surface area (Å²) in [5.41, 5.74) is 0. The summed E-state index contributed by atoms with van der Waals surface area (Å²) in [7, 11) is 0. The highest BCUT2D eigenvalue weighted by Gasteiger charge is 2.23. The number of rotatable bonds is 38. The zero-order valence-electron chi connectivity index (χ0n) is 32.6. The van der Waals surface area contributed by atoms with Gasteiger partial charge in [-0.1, -0.05) is 168 Å². The van der Waals surface area contributed by atoms with Crippen molar-refractivity contribution in [2.45, 2.75) is 225 Å². The van der Waals surface area contributed by atoms with Crippen molar-refractivity contribution in [3.63, 3.8) is 0 Å². The summed E-state index contributed by atoms with van der Waals surface area (Å²) in [5.74, 6) is -4.07. The first-order chi connectivity index (χ1) is 24.7. The summed E-state index contributed by atoms with van der Waals surface area (Å²) in [6.45, 7) is 4.45. The molecular formula is C41H76N2O8. The number of nitrogens with one attached hydrogen (secondary N) is 2. The van der Waals surface area contributed by atoms with Crippen LogP contribution < -0.4 is 10.6 Å². The largest absolute Gasteiger partial charge is 0.481 e. The SMILES string of the molecule is CCCCCCCCCCCCCCCC(=O)OC(CCCCCCCCCCCCCCC)CC(=O)NCCC(=O)N[C@@H](CC(=O)O)C(=O)O. The van der Waals surface area contributed by atoms with E-state index in [2.05, 4.69) is 24.5 Å². The zero-order chi connectivity index (χ0) is 37.8. The molecule has 0 aliphatic rings. The molecule has 0 aromatic carbocycles. The van der Waals surface area contributed by atoms with E-state index in [1.807, 2.05) is 0 Å². The van der Waals surface area contributed by atoms with E-state index in [0.29, 0.717) is 12.8 Å². The molecule has 0 aliphatic heterocycles. The summed E-state index contributed by atoms with van der Waals surface area (Å²) in [6.07, 6.45) is 31.5. The monoisotopic (exact) mass is 725 g/mol. The Kier molecular flexibility index (Phi) is 33.9. The molecule has 0 aliphatic carbocycles. The lowest BCUT2D eigenvalue weighted by Crippen LogP contribution is -2.43. The molecule has 0 heterocycles. The maximum absolute atomic E-state index is 12.7. The lowest BCUT2D eigenvalue weighted by molar-refractivity contribution is -0.151. The van der Waals surface area contributed by atoms with Crippen LogP contribution in [0.1, 0.15) is 213 Å². The van der Waals surface area contributed by atoms with Gasteiger partial charge in [-0.3, -0.25) is 19.2 Å². The Labute approximate surface area is 310 Å². The molecule has 51 heavy (non-hydrogen) atoms. The van der Waals surface area contributed by atoms with E-state index in [9.17, 15) is 24.0 Å². The van der Waals surface area contributed by atoms with Gasteiger partial charge in [-0.2, -0.15) is 0 Å². The molecule has 0 spiro atoms. The lowest BCUT2D eigenvalue weighted by atomic mass is 10.0. The smallest absolute Gasteiger partial charge is 0.326 e. The average Bonchev–Trinajstić information content (AvgIpc) is 3.08. The number of esters is 1. The number of carboxylic acids is 2. The van der Waals surface area contributed by atoms with Crippen molar-refractivity contribution in [1.82, 2.24) is 10.6 Å². The fourth-order valence-corrected chi connectivity index (χ4v) is 6.36. The number of aliphatic carboxylic acids is 2. The molecule has 10 nitrogen and oxygen atoms in total. The maximum Gasteiger partial charge on any atom is 0.326 e. The molecule has 0 saturated heterocycles. The van der Waals surface area contributed by atoms with Crippen LogP contribution in [0.25, 0.3) is 0 Å². The molecule has 0 saturated carbocycles. The first-order valence-corrected chi connectivity index (χ1v) is 20.9. The van der Waals surface area contributed by atoms with Crippen LogP contribution in [-0.2, 0) is 28.7 Å². The number of carbonyl (C=O) groups is 5. The highest BCUT2D eigenvalue weighted by molar-refractivity contribution is 5.87. The molecule has 298 valence electrons. The quantitative estimate of drug-likeness (QED) is 0.0362. The van der Waals surface area contributed by atoms with Crippen LogP contribution in [-0.4, -0.2) is 58.6 Å². The Morgan fingerprint density at radius 1 is 0.510 bits per heavy atom. The van der Waals surface area contributed by atoms with Crippen molar-refractivity contribution < 1.29 is 38.9 Å². The van der Waals surface area contributed by atoms with E-state index >= 15 is 0 Å². The van der Waals surface area contributed by atoms with Crippen LogP contribution in [0.4, 0.5) is 0 Å². The zero-order valence-corrected chi connectivity index (χ0v) is 32.6. The molecule has 0 aromatic rings. The molecule has 10 heteroatoms. The van der Waals surface area contributed by atoms with Gasteiger partial charge < -0.3 is 25.6 Å². The first kappa shape index (κ1) is 48.3. The van der Waals surface area contributed by atoms with Gasteiger partial charge in [0.1, 0.15) is 12.1 Å². The van der Waals surface area contributed by atoms with E-state index in [1.165, 1.54) is 128 Å². The van der Waals surface area contributed by atoms with Crippen molar-refractivity contribution in [2.24, 2.45) is 0 Å². The molecule has 0 rings (SSSR count). The van der Waals surface area contributed by atoms with E-state index in [-0.39, 0.29) is 31.3 Å². The Morgan fingerprint density at radius 3 is 1.33 bits per heavy atom. The predicted octanol–water partition coefficient (Wildman–Crippen LogP) is 9.80. The lowest BCUT2D eigenvalue weighted by Gasteiger charge is -2.18. The van der Waals surface area contributed by atoms with E-state index < -0.39 is 36.4 Å². The van der Waals surface area contributed by atoms with E-state index in [1.54, 1.807) is 0 Å². The maximum atomic E-state index is 12.7. The predicted molar refractivity (Wildman–Crippen MR) is 205 cm³/mol. The molecule has 1 unspecified atom stereocenters. The fraction of sp³-hybridized carbons (Fsp3) is 0.878. The molecule has 0 aromatic heterocycles. The fourth-order valence-electron chi connectivity index (χ4n) is 6.36. The number of hydrogen-bond donors (Lipinski definition) is 4. The molecule has 2 atom stereocenters. The van der Waals surface area contributed by atoms with Crippen LogP contribution in [0.15, 0.2) is 0 Å². The van der Waals surface area contributed by atoms with Crippen molar-refractivity contribution in [3.05, 3.63) is 0 Å². The van der Waals surface area contributed by atoms with Gasteiger partial charge in [0.15, 0.2) is 0 Å². The third-order valence-corrected chi connectivity index (χ3v) is 9.51. The van der Waals surface area contributed by atoms with Gasteiger partial charge in [-0.05, 0) is 19.3 Å². The minimum absolute atomic E-state index is 0.000976. The van der Waals surface area contributed by atoms with Crippen molar-refractivity contribution >= 4 is 29.7 Å². The first-order valence-electron chi connectivity index (χ1n) is 20.9. The number of ether oxygens (including phenoxy) is 1. The van der Waals surface area contributed by atoms with Crippen molar-refractivity contribution in [3.8, 4) is 0 Å². The van der Waals surface area contributed by atoms with Crippen molar-refractivity contribution in [2.75, 3.05) is 6.54 Å². The Balaban J connectivity index is 4.47. The number of hydrogen-bond acceptors (Lipinski definition) is 6.